The summed E-state index contributed by atoms with van der Waals surface area (Å²) >= 11 is 0. The third kappa shape index (κ3) is 4.45. The van der Waals surface area contributed by atoms with Crippen molar-refractivity contribution in [2.45, 2.75) is 57.1 Å². The molecule has 4 heteroatoms. The fraction of sp³-hybridized carbons (Fsp3) is 0.323. The van der Waals surface area contributed by atoms with Crippen LogP contribution in [0.1, 0.15) is 51.0 Å². The van der Waals surface area contributed by atoms with Gasteiger partial charge >= 0.3 is 0 Å². The number of aromatic nitrogens is 2. The highest BCUT2D eigenvalue weighted by Crippen LogP contribution is 2.46. The van der Waals surface area contributed by atoms with Crippen molar-refractivity contribution in [3.63, 3.8) is 0 Å². The first kappa shape index (κ1) is 22.0. The Bertz CT molecular complexity index is 1290. The van der Waals surface area contributed by atoms with Crippen LogP contribution in [0.2, 0.25) is 0 Å². The van der Waals surface area contributed by atoms with Crippen LogP contribution < -0.4 is 9.47 Å². The van der Waals surface area contributed by atoms with Gasteiger partial charge in [0, 0.05) is 22.7 Å². The summed E-state index contributed by atoms with van der Waals surface area (Å²) in [5.41, 5.74) is 5.63. The van der Waals surface area contributed by atoms with Crippen molar-refractivity contribution in [2.75, 3.05) is 7.11 Å². The maximum atomic E-state index is 6.50. The molecule has 0 radical (unpaired) electrons. The van der Waals surface area contributed by atoms with E-state index in [2.05, 4.69) is 77.4 Å². The average molecular weight is 465 g/mol. The zero-order valence-corrected chi connectivity index (χ0v) is 20.3. The Morgan fingerprint density at radius 2 is 1.40 bits per heavy atom. The molecule has 0 spiro atoms. The van der Waals surface area contributed by atoms with Gasteiger partial charge in [0.05, 0.1) is 24.6 Å². The first-order valence-corrected chi connectivity index (χ1v) is 12.9. The van der Waals surface area contributed by atoms with Gasteiger partial charge in [-0.15, -0.1) is 0 Å². The van der Waals surface area contributed by atoms with Gasteiger partial charge in [-0.2, -0.15) is 0 Å². The molecule has 35 heavy (non-hydrogen) atoms. The summed E-state index contributed by atoms with van der Waals surface area (Å²) in [6.07, 6.45) is 8.62. The van der Waals surface area contributed by atoms with Gasteiger partial charge in [-0.25, -0.2) is 4.98 Å². The second-order valence-corrected chi connectivity index (χ2v) is 9.71. The van der Waals surface area contributed by atoms with Crippen LogP contribution in [-0.4, -0.2) is 22.8 Å². The Kier molecular flexibility index (Phi) is 6.03. The SMILES string of the molecule is COc1ccc(-c2nc(-c3ccccc3)c(-c3ccccc3)n2C2CC2)cc1OC1CCCCC1. The van der Waals surface area contributed by atoms with Crippen molar-refractivity contribution in [2.24, 2.45) is 0 Å². The number of rotatable bonds is 7. The Morgan fingerprint density at radius 3 is 2.06 bits per heavy atom. The maximum Gasteiger partial charge on any atom is 0.162 e. The van der Waals surface area contributed by atoms with E-state index in [1.54, 1.807) is 7.11 Å². The number of hydrogen-bond acceptors (Lipinski definition) is 3. The molecule has 4 aromatic rings. The standard InChI is InChI=1S/C31H32N2O2/c1-34-27-20-17-24(21-28(27)35-26-15-9-4-10-16-26)31-32-29(22-11-5-2-6-12-22)30(33(31)25-18-19-25)23-13-7-3-8-14-23/h2-3,5-8,11-14,17,20-21,25-26H,4,9-10,15-16,18-19H2,1H3. The van der Waals surface area contributed by atoms with Gasteiger partial charge in [0.25, 0.3) is 0 Å². The minimum atomic E-state index is 0.260. The number of hydrogen-bond donors (Lipinski definition) is 0. The quantitative estimate of drug-likeness (QED) is 0.278. The van der Waals surface area contributed by atoms with Crippen LogP contribution >= 0.6 is 0 Å². The topological polar surface area (TPSA) is 36.3 Å². The molecule has 0 N–H and O–H groups in total. The van der Waals surface area contributed by atoms with Crippen LogP contribution in [0.4, 0.5) is 0 Å². The second-order valence-electron chi connectivity index (χ2n) is 9.71. The first-order chi connectivity index (χ1) is 17.3. The van der Waals surface area contributed by atoms with Gasteiger partial charge in [0.15, 0.2) is 11.5 Å². The molecule has 0 atom stereocenters. The Morgan fingerprint density at radius 1 is 0.714 bits per heavy atom. The van der Waals surface area contributed by atoms with Crippen molar-refractivity contribution in [3.8, 4) is 45.4 Å². The lowest BCUT2D eigenvalue weighted by Crippen LogP contribution is -2.20. The average Bonchev–Trinajstić information content (AvgIpc) is 3.69. The lowest BCUT2D eigenvalue weighted by molar-refractivity contribution is 0.149. The normalized spacial score (nSPS) is 16.3. The molecule has 1 heterocycles. The lowest BCUT2D eigenvalue weighted by Gasteiger charge is -2.24. The highest BCUT2D eigenvalue weighted by atomic mass is 16.5. The number of imidazole rings is 1. The fourth-order valence-corrected chi connectivity index (χ4v) is 5.26. The second kappa shape index (κ2) is 9.61. The molecule has 2 saturated carbocycles. The number of nitrogens with zero attached hydrogens (tertiary/aromatic N) is 2. The summed E-state index contributed by atoms with van der Waals surface area (Å²) in [6.45, 7) is 0. The van der Waals surface area contributed by atoms with Gasteiger partial charge in [-0.1, -0.05) is 67.1 Å². The summed E-state index contributed by atoms with van der Waals surface area (Å²) in [4.78, 5) is 5.30. The zero-order chi connectivity index (χ0) is 23.6. The molecule has 3 aromatic carbocycles. The van der Waals surface area contributed by atoms with Crippen LogP contribution in [0.15, 0.2) is 78.9 Å². The van der Waals surface area contributed by atoms with E-state index in [1.807, 2.05) is 6.07 Å². The van der Waals surface area contributed by atoms with Crippen molar-refractivity contribution in [1.82, 2.24) is 9.55 Å². The molecule has 6 rings (SSSR count). The molecule has 2 fully saturated rings. The number of benzene rings is 3. The largest absolute Gasteiger partial charge is 0.493 e. The first-order valence-electron chi connectivity index (χ1n) is 12.9. The van der Waals surface area contributed by atoms with E-state index in [-0.39, 0.29) is 6.10 Å². The van der Waals surface area contributed by atoms with Crippen LogP contribution in [0, 0.1) is 0 Å². The van der Waals surface area contributed by atoms with Gasteiger partial charge < -0.3 is 14.0 Å². The molecule has 0 unspecified atom stereocenters. The van der Waals surface area contributed by atoms with E-state index in [9.17, 15) is 0 Å². The fourth-order valence-electron chi connectivity index (χ4n) is 5.26. The van der Waals surface area contributed by atoms with E-state index in [0.29, 0.717) is 6.04 Å². The number of methoxy groups -OCH3 is 1. The van der Waals surface area contributed by atoms with Gasteiger partial charge in [0.2, 0.25) is 0 Å². The summed E-state index contributed by atoms with van der Waals surface area (Å²) in [7, 11) is 1.72. The van der Waals surface area contributed by atoms with Crippen LogP contribution in [0.5, 0.6) is 11.5 Å². The van der Waals surface area contributed by atoms with E-state index >= 15 is 0 Å². The number of ether oxygens (including phenoxy) is 2. The van der Waals surface area contributed by atoms with E-state index in [1.165, 1.54) is 43.4 Å². The van der Waals surface area contributed by atoms with Gasteiger partial charge in [-0.05, 0) is 56.7 Å². The Hall–Kier alpha value is -3.53. The molecule has 0 amide bonds. The van der Waals surface area contributed by atoms with Crippen molar-refractivity contribution in [1.29, 1.82) is 0 Å². The summed E-state index contributed by atoms with van der Waals surface area (Å²) in [6, 6.07) is 28.0. The third-order valence-corrected chi connectivity index (χ3v) is 7.19. The molecule has 0 saturated heterocycles. The van der Waals surface area contributed by atoms with Gasteiger partial charge in [-0.3, -0.25) is 0 Å². The Balaban J connectivity index is 1.50. The van der Waals surface area contributed by atoms with E-state index < -0.39 is 0 Å². The Labute approximate surface area is 207 Å². The molecule has 0 aliphatic heterocycles. The molecule has 2 aliphatic carbocycles. The zero-order valence-electron chi connectivity index (χ0n) is 20.3. The highest BCUT2D eigenvalue weighted by molar-refractivity contribution is 5.82. The predicted octanol–water partition coefficient (Wildman–Crippen LogP) is 7.94. The molecule has 0 bridgehead atoms. The molecule has 1 aromatic heterocycles. The molecular weight excluding hydrogens is 432 g/mol. The van der Waals surface area contributed by atoms with Gasteiger partial charge in [0.1, 0.15) is 5.82 Å². The monoisotopic (exact) mass is 464 g/mol. The molecule has 178 valence electrons. The molecule has 4 nitrogen and oxygen atoms in total. The smallest absolute Gasteiger partial charge is 0.162 e. The molecule has 2 aliphatic rings. The lowest BCUT2D eigenvalue weighted by atomic mass is 9.98. The van der Waals surface area contributed by atoms with Crippen LogP contribution in [0.25, 0.3) is 33.9 Å². The highest BCUT2D eigenvalue weighted by Gasteiger charge is 2.32. The maximum absolute atomic E-state index is 6.50. The van der Waals surface area contributed by atoms with Crippen molar-refractivity contribution >= 4 is 0 Å². The summed E-state index contributed by atoms with van der Waals surface area (Å²) in [5, 5.41) is 0. The summed E-state index contributed by atoms with van der Waals surface area (Å²) in [5.74, 6) is 2.61. The van der Waals surface area contributed by atoms with E-state index in [0.717, 1.165) is 47.0 Å². The van der Waals surface area contributed by atoms with Crippen molar-refractivity contribution in [3.05, 3.63) is 78.9 Å². The summed E-state index contributed by atoms with van der Waals surface area (Å²) < 4.78 is 14.6. The molecular formula is C31H32N2O2. The third-order valence-electron chi connectivity index (χ3n) is 7.19. The van der Waals surface area contributed by atoms with Crippen LogP contribution in [0.3, 0.4) is 0 Å². The predicted molar refractivity (Wildman–Crippen MR) is 141 cm³/mol. The van der Waals surface area contributed by atoms with Crippen LogP contribution in [-0.2, 0) is 0 Å². The van der Waals surface area contributed by atoms with E-state index in [4.69, 9.17) is 14.5 Å². The minimum Gasteiger partial charge on any atom is -0.493 e. The minimum absolute atomic E-state index is 0.260. The van der Waals surface area contributed by atoms with Crippen molar-refractivity contribution < 1.29 is 9.47 Å².